The van der Waals surface area contributed by atoms with Crippen LogP contribution in [-0.4, -0.2) is 16.5 Å². The molecule has 0 saturated heterocycles. The minimum Gasteiger partial charge on any atom is -0.354 e. The van der Waals surface area contributed by atoms with Crippen LogP contribution in [0, 0.1) is 12.1 Å². The van der Waals surface area contributed by atoms with Crippen molar-refractivity contribution in [1.82, 2.24) is 9.97 Å². The van der Waals surface area contributed by atoms with Gasteiger partial charge in [-0.2, -0.15) is 0 Å². The molecule has 1 rings (SSSR count). The highest BCUT2D eigenvalue weighted by Crippen LogP contribution is 1.96. The molecule has 59 valence electrons. The predicted molar refractivity (Wildman–Crippen MR) is 44.2 cm³/mol. The van der Waals surface area contributed by atoms with Gasteiger partial charge in [-0.1, -0.05) is 13.8 Å². The number of nitrogens with zero attached hydrogens (tertiary/aromatic N) is 2. The first-order valence-corrected chi connectivity index (χ1v) is 3.72. The van der Waals surface area contributed by atoms with E-state index < -0.39 is 0 Å². The zero-order valence-electron chi connectivity index (χ0n) is 6.83. The Morgan fingerprint density at radius 1 is 1.64 bits per heavy atom. The van der Waals surface area contributed by atoms with Gasteiger partial charge in [-0.05, 0) is 12.0 Å². The number of aromatic nitrogens is 2. The molecule has 1 aromatic heterocycles. The molecule has 0 aliphatic carbocycles. The largest absolute Gasteiger partial charge is 0.354 e. The molecular formula is C8H12N3. The highest BCUT2D eigenvalue weighted by atomic mass is 15.1. The van der Waals surface area contributed by atoms with Gasteiger partial charge in [-0.3, -0.25) is 0 Å². The Morgan fingerprint density at radius 3 is 3.00 bits per heavy atom. The standard InChI is InChI=1S/C8H12N3/c1-7(2)6-11-8-9-4-3-5-10-8/h3-4,7H,6H2,1-2H3,(H,9,10,11). The van der Waals surface area contributed by atoms with Crippen LogP contribution >= 0.6 is 0 Å². The molecule has 0 fully saturated rings. The lowest BCUT2D eigenvalue weighted by atomic mass is 10.2. The van der Waals surface area contributed by atoms with Gasteiger partial charge in [-0.25, -0.2) is 9.97 Å². The second-order valence-corrected chi connectivity index (χ2v) is 2.78. The summed E-state index contributed by atoms with van der Waals surface area (Å²) in [7, 11) is 0. The van der Waals surface area contributed by atoms with E-state index in [9.17, 15) is 0 Å². The smallest absolute Gasteiger partial charge is 0.223 e. The molecule has 0 bridgehead atoms. The fraction of sp³-hybridized carbons (Fsp3) is 0.500. The van der Waals surface area contributed by atoms with Gasteiger partial charge in [0.15, 0.2) is 0 Å². The average molecular weight is 150 g/mol. The van der Waals surface area contributed by atoms with Crippen molar-refractivity contribution < 1.29 is 0 Å². The lowest BCUT2D eigenvalue weighted by Crippen LogP contribution is -2.09. The van der Waals surface area contributed by atoms with Gasteiger partial charge in [0, 0.05) is 12.7 Å². The monoisotopic (exact) mass is 150 g/mol. The van der Waals surface area contributed by atoms with Crippen molar-refractivity contribution in [2.45, 2.75) is 13.8 Å². The number of anilines is 1. The van der Waals surface area contributed by atoms with Crippen molar-refractivity contribution in [2.75, 3.05) is 11.9 Å². The molecule has 0 amide bonds. The molecule has 3 heteroatoms. The van der Waals surface area contributed by atoms with Crippen molar-refractivity contribution in [1.29, 1.82) is 0 Å². The zero-order valence-corrected chi connectivity index (χ0v) is 6.83. The summed E-state index contributed by atoms with van der Waals surface area (Å²) in [6.07, 6.45) is 4.39. The Kier molecular flexibility index (Phi) is 2.83. The Morgan fingerprint density at radius 2 is 2.45 bits per heavy atom. The number of rotatable bonds is 3. The van der Waals surface area contributed by atoms with Crippen molar-refractivity contribution in [3.05, 3.63) is 18.5 Å². The quantitative estimate of drug-likeness (QED) is 0.706. The Hall–Kier alpha value is -1.12. The van der Waals surface area contributed by atoms with Gasteiger partial charge in [0.2, 0.25) is 5.95 Å². The number of hydrogen-bond acceptors (Lipinski definition) is 3. The molecule has 1 radical (unpaired) electrons. The molecule has 0 atom stereocenters. The van der Waals surface area contributed by atoms with Crippen molar-refractivity contribution >= 4 is 5.95 Å². The lowest BCUT2D eigenvalue weighted by Gasteiger charge is -2.05. The van der Waals surface area contributed by atoms with Gasteiger partial charge < -0.3 is 5.32 Å². The first-order valence-electron chi connectivity index (χ1n) is 3.72. The summed E-state index contributed by atoms with van der Waals surface area (Å²) >= 11 is 0. The Balaban J connectivity index is 2.39. The maximum Gasteiger partial charge on any atom is 0.223 e. The van der Waals surface area contributed by atoms with Crippen LogP contribution in [-0.2, 0) is 0 Å². The van der Waals surface area contributed by atoms with Gasteiger partial charge in [-0.15, -0.1) is 0 Å². The van der Waals surface area contributed by atoms with Crippen molar-refractivity contribution in [3.63, 3.8) is 0 Å². The maximum atomic E-state index is 4.00. The molecule has 11 heavy (non-hydrogen) atoms. The third kappa shape index (κ3) is 2.98. The minimum atomic E-state index is 0.610. The summed E-state index contributed by atoms with van der Waals surface area (Å²) in [6, 6.07) is 1.68. The fourth-order valence-electron chi connectivity index (χ4n) is 0.649. The minimum absolute atomic E-state index is 0.610. The van der Waals surface area contributed by atoms with Crippen LogP contribution in [0.25, 0.3) is 0 Å². The number of nitrogens with one attached hydrogen (secondary N) is 1. The molecule has 0 unspecified atom stereocenters. The van der Waals surface area contributed by atoms with Gasteiger partial charge >= 0.3 is 0 Å². The first-order chi connectivity index (χ1) is 5.29. The third-order valence-corrected chi connectivity index (χ3v) is 1.18. The average Bonchev–Trinajstić information content (AvgIpc) is 2.03. The second-order valence-electron chi connectivity index (χ2n) is 2.78. The normalized spacial score (nSPS) is 10.1. The van der Waals surface area contributed by atoms with E-state index in [1.807, 2.05) is 0 Å². The van der Waals surface area contributed by atoms with Gasteiger partial charge in [0.05, 0.1) is 6.20 Å². The molecule has 3 nitrogen and oxygen atoms in total. The Labute approximate surface area is 66.9 Å². The van der Waals surface area contributed by atoms with Gasteiger partial charge in [0.25, 0.3) is 0 Å². The molecule has 0 saturated carbocycles. The summed E-state index contributed by atoms with van der Waals surface area (Å²) in [5, 5.41) is 3.09. The highest BCUT2D eigenvalue weighted by Gasteiger charge is 1.94. The fourth-order valence-corrected chi connectivity index (χ4v) is 0.649. The van der Waals surface area contributed by atoms with E-state index in [0.29, 0.717) is 11.9 Å². The van der Waals surface area contributed by atoms with Crippen LogP contribution in [0.15, 0.2) is 12.3 Å². The summed E-state index contributed by atoms with van der Waals surface area (Å²) in [5.74, 6) is 1.26. The Bertz CT molecular complexity index is 196. The van der Waals surface area contributed by atoms with E-state index in [4.69, 9.17) is 0 Å². The molecular weight excluding hydrogens is 138 g/mol. The topological polar surface area (TPSA) is 37.8 Å². The van der Waals surface area contributed by atoms with E-state index >= 15 is 0 Å². The van der Waals surface area contributed by atoms with Crippen LogP contribution in [0.2, 0.25) is 0 Å². The van der Waals surface area contributed by atoms with E-state index in [-0.39, 0.29) is 0 Å². The van der Waals surface area contributed by atoms with Crippen LogP contribution in [0.5, 0.6) is 0 Å². The molecule has 0 spiro atoms. The van der Waals surface area contributed by atoms with Crippen LogP contribution in [0.1, 0.15) is 13.8 Å². The second kappa shape index (κ2) is 3.91. The van der Waals surface area contributed by atoms with E-state index in [1.54, 1.807) is 12.3 Å². The van der Waals surface area contributed by atoms with Crippen molar-refractivity contribution in [3.8, 4) is 0 Å². The SMILES string of the molecule is CC(C)CNc1n[c]ccn1. The summed E-state index contributed by atoms with van der Waals surface area (Å²) < 4.78 is 0. The van der Waals surface area contributed by atoms with Crippen LogP contribution in [0.3, 0.4) is 0 Å². The summed E-state index contributed by atoms with van der Waals surface area (Å²) in [6.45, 7) is 5.18. The highest BCUT2D eigenvalue weighted by molar-refractivity contribution is 5.21. The lowest BCUT2D eigenvalue weighted by molar-refractivity contribution is 0.684. The molecule has 1 N–H and O–H groups in total. The van der Waals surface area contributed by atoms with Crippen LogP contribution < -0.4 is 5.32 Å². The molecule has 1 aromatic rings. The van der Waals surface area contributed by atoms with Crippen LogP contribution in [0.4, 0.5) is 5.95 Å². The predicted octanol–water partition coefficient (Wildman–Crippen LogP) is 1.34. The molecule has 0 aliphatic heterocycles. The van der Waals surface area contributed by atoms with E-state index in [0.717, 1.165) is 6.54 Å². The van der Waals surface area contributed by atoms with Crippen molar-refractivity contribution in [2.24, 2.45) is 5.92 Å². The summed E-state index contributed by atoms with van der Waals surface area (Å²) in [4.78, 5) is 7.90. The first kappa shape index (κ1) is 7.98. The molecule has 1 heterocycles. The number of hydrogen-bond donors (Lipinski definition) is 1. The summed E-state index contributed by atoms with van der Waals surface area (Å²) in [5.41, 5.74) is 0. The van der Waals surface area contributed by atoms with E-state index in [2.05, 4.69) is 35.3 Å². The molecule has 0 aromatic carbocycles. The third-order valence-electron chi connectivity index (χ3n) is 1.18. The zero-order chi connectivity index (χ0) is 8.10. The van der Waals surface area contributed by atoms with E-state index in [1.165, 1.54) is 0 Å². The molecule has 0 aliphatic rings. The van der Waals surface area contributed by atoms with Gasteiger partial charge in [0.1, 0.15) is 0 Å². The maximum absolute atomic E-state index is 4.00.